The third-order valence-corrected chi connectivity index (χ3v) is 8.35. The van der Waals surface area contributed by atoms with Crippen LogP contribution in [0.4, 0.5) is 0 Å². The summed E-state index contributed by atoms with van der Waals surface area (Å²) < 4.78 is 2.47. The molecule has 0 amide bonds. The van der Waals surface area contributed by atoms with Crippen molar-refractivity contribution >= 4 is 0 Å². The highest BCUT2D eigenvalue weighted by atomic mass is 79.9. The Bertz CT molecular complexity index is 712. The van der Waals surface area contributed by atoms with Gasteiger partial charge in [0, 0.05) is 11.1 Å². The zero-order valence-electron chi connectivity index (χ0n) is 20.8. The van der Waals surface area contributed by atoms with Crippen LogP contribution in [-0.2, 0) is 13.1 Å². The van der Waals surface area contributed by atoms with Crippen molar-refractivity contribution in [1.29, 1.82) is 0 Å². The third kappa shape index (κ3) is 8.80. The minimum atomic E-state index is 0. The highest BCUT2D eigenvalue weighted by Crippen LogP contribution is 2.31. The van der Waals surface area contributed by atoms with Crippen molar-refractivity contribution in [3.05, 3.63) is 71.8 Å². The van der Waals surface area contributed by atoms with Crippen molar-refractivity contribution in [1.82, 2.24) is 0 Å². The number of halogens is 2. The quantitative estimate of drug-likeness (QED) is 0.394. The van der Waals surface area contributed by atoms with E-state index in [1.165, 1.54) is 104 Å². The van der Waals surface area contributed by atoms with Crippen molar-refractivity contribution < 1.29 is 42.9 Å². The lowest BCUT2D eigenvalue weighted by Gasteiger charge is -2.41. The number of hydrogen-bond donors (Lipinski definition) is 0. The first-order valence-electron chi connectivity index (χ1n) is 12.8. The van der Waals surface area contributed by atoms with Gasteiger partial charge in [-0.05, 0) is 37.5 Å². The predicted molar refractivity (Wildman–Crippen MR) is 131 cm³/mol. The molecule has 2 aromatic carbocycles. The van der Waals surface area contributed by atoms with Gasteiger partial charge in [-0.25, -0.2) is 0 Å². The molecule has 0 aromatic heterocycles. The molecule has 33 heavy (non-hydrogen) atoms. The average Bonchev–Trinajstić information content (AvgIpc) is 2.78. The van der Waals surface area contributed by atoms with Gasteiger partial charge in [-0.3, -0.25) is 0 Å². The molecule has 184 valence electrons. The Hall–Kier alpha value is -0.680. The van der Waals surface area contributed by atoms with E-state index >= 15 is 0 Å². The summed E-state index contributed by atoms with van der Waals surface area (Å²) in [6.45, 7) is 7.85. The molecule has 2 aliphatic heterocycles. The maximum absolute atomic E-state index is 2.47. The summed E-state index contributed by atoms with van der Waals surface area (Å²) in [5.74, 6) is 1.95. The molecule has 0 radical (unpaired) electrons. The van der Waals surface area contributed by atoms with Gasteiger partial charge in [-0.1, -0.05) is 79.9 Å². The Balaban J connectivity index is 0.00000193. The van der Waals surface area contributed by atoms with Gasteiger partial charge in [0.25, 0.3) is 0 Å². The minimum Gasteiger partial charge on any atom is -1.00 e. The molecule has 4 rings (SSSR count). The van der Waals surface area contributed by atoms with E-state index in [9.17, 15) is 0 Å². The van der Waals surface area contributed by atoms with E-state index < -0.39 is 0 Å². The molecule has 2 heterocycles. The zero-order valence-corrected chi connectivity index (χ0v) is 23.9. The highest BCUT2D eigenvalue weighted by Gasteiger charge is 2.32. The second-order valence-electron chi connectivity index (χ2n) is 11.2. The summed E-state index contributed by atoms with van der Waals surface area (Å²) in [6.07, 6.45) is 10.1. The number of hydrogen-bond acceptors (Lipinski definition) is 0. The number of rotatable bonds is 8. The number of quaternary nitrogens is 2. The molecule has 0 spiro atoms. The lowest BCUT2D eigenvalue weighted by Crippen LogP contribution is -3.00. The first-order chi connectivity index (χ1) is 15.0. The molecular formula is C29H44Br2N2. The SMILES string of the molecule is C[N+]1(Cc2ccccc2)CCC(CCCC2CC[N+](C)(Cc3ccccc3)CC2)CC1.[Br-].[Br-]. The molecule has 2 aliphatic rings. The molecule has 2 aromatic rings. The van der Waals surface area contributed by atoms with Crippen molar-refractivity contribution in [3.63, 3.8) is 0 Å². The Morgan fingerprint density at radius 2 is 0.909 bits per heavy atom. The predicted octanol–water partition coefficient (Wildman–Crippen LogP) is 0.278. The van der Waals surface area contributed by atoms with Crippen LogP contribution in [0.25, 0.3) is 0 Å². The van der Waals surface area contributed by atoms with Crippen LogP contribution >= 0.6 is 0 Å². The van der Waals surface area contributed by atoms with Gasteiger partial charge in [0.15, 0.2) is 0 Å². The monoisotopic (exact) mass is 578 g/mol. The van der Waals surface area contributed by atoms with Crippen molar-refractivity contribution in [2.24, 2.45) is 11.8 Å². The normalized spacial score (nSPS) is 29.5. The molecule has 0 aliphatic carbocycles. The average molecular weight is 580 g/mol. The van der Waals surface area contributed by atoms with Gasteiger partial charge in [-0.15, -0.1) is 0 Å². The Morgan fingerprint density at radius 3 is 1.24 bits per heavy atom. The molecule has 0 saturated carbocycles. The lowest BCUT2D eigenvalue weighted by atomic mass is 9.85. The van der Waals surface area contributed by atoms with Crippen molar-refractivity contribution in [2.45, 2.75) is 58.0 Å². The summed E-state index contributed by atoms with van der Waals surface area (Å²) >= 11 is 0. The van der Waals surface area contributed by atoms with E-state index in [4.69, 9.17) is 0 Å². The van der Waals surface area contributed by atoms with Crippen LogP contribution in [-0.4, -0.2) is 49.2 Å². The van der Waals surface area contributed by atoms with Crippen LogP contribution < -0.4 is 34.0 Å². The molecule has 4 heteroatoms. The van der Waals surface area contributed by atoms with E-state index in [0.717, 1.165) is 11.8 Å². The summed E-state index contributed by atoms with van der Waals surface area (Å²) in [4.78, 5) is 0. The molecule has 2 nitrogen and oxygen atoms in total. The maximum atomic E-state index is 2.47. The topological polar surface area (TPSA) is 0 Å². The first kappa shape index (κ1) is 28.6. The number of likely N-dealkylation sites (tertiary alicyclic amines) is 2. The Kier molecular flexibility index (Phi) is 11.6. The highest BCUT2D eigenvalue weighted by molar-refractivity contribution is 5.14. The second-order valence-corrected chi connectivity index (χ2v) is 11.2. The zero-order chi connectivity index (χ0) is 21.6. The van der Waals surface area contributed by atoms with Crippen LogP contribution in [0.1, 0.15) is 56.1 Å². The molecule has 0 bridgehead atoms. The fraction of sp³-hybridized carbons (Fsp3) is 0.586. The summed E-state index contributed by atoms with van der Waals surface area (Å²) in [5, 5.41) is 0. The number of benzene rings is 2. The second kappa shape index (κ2) is 13.4. The molecule has 0 atom stereocenters. The lowest BCUT2D eigenvalue weighted by molar-refractivity contribution is -0.928. The number of nitrogens with zero attached hydrogens (tertiary/aromatic N) is 2. The van der Waals surface area contributed by atoms with Crippen molar-refractivity contribution in [3.8, 4) is 0 Å². The number of piperidine rings is 2. The standard InChI is InChI=1S/C29H44N2.2BrH/c1-30(24-28-10-5-3-6-11-28)20-16-26(17-21-30)14-9-15-27-18-22-31(2,23-19-27)25-29-12-7-4-8-13-29;;/h3-8,10-13,26-27H,9,14-25H2,1-2H3;2*1H/q+2;;/p-2. The van der Waals surface area contributed by atoms with Crippen molar-refractivity contribution in [2.75, 3.05) is 40.3 Å². The van der Waals surface area contributed by atoms with E-state index in [1.807, 2.05) is 0 Å². The Labute approximate surface area is 224 Å². The van der Waals surface area contributed by atoms with Gasteiger partial charge >= 0.3 is 0 Å². The fourth-order valence-corrected chi connectivity index (χ4v) is 6.13. The van der Waals surface area contributed by atoms with Crippen LogP contribution in [0.15, 0.2) is 60.7 Å². The third-order valence-electron chi connectivity index (χ3n) is 8.35. The molecule has 0 N–H and O–H groups in total. The van der Waals surface area contributed by atoms with Gasteiger partial charge in [0.2, 0.25) is 0 Å². The van der Waals surface area contributed by atoms with Gasteiger partial charge in [0.1, 0.15) is 13.1 Å². The Morgan fingerprint density at radius 1 is 0.576 bits per heavy atom. The molecule has 0 unspecified atom stereocenters. The molecule has 2 fully saturated rings. The summed E-state index contributed by atoms with van der Waals surface area (Å²) in [7, 11) is 4.94. The first-order valence-corrected chi connectivity index (χ1v) is 12.8. The summed E-state index contributed by atoms with van der Waals surface area (Å²) in [6, 6.07) is 22.2. The summed E-state index contributed by atoms with van der Waals surface area (Å²) in [5.41, 5.74) is 3.00. The van der Waals surface area contributed by atoms with Gasteiger partial charge in [0.05, 0.1) is 40.3 Å². The van der Waals surface area contributed by atoms with Gasteiger partial charge in [-0.2, -0.15) is 0 Å². The smallest absolute Gasteiger partial charge is 0.104 e. The fourth-order valence-electron chi connectivity index (χ4n) is 6.13. The van der Waals surface area contributed by atoms with Crippen LogP contribution in [0, 0.1) is 11.8 Å². The van der Waals surface area contributed by atoms with E-state index in [-0.39, 0.29) is 34.0 Å². The van der Waals surface area contributed by atoms with Gasteiger partial charge < -0.3 is 42.9 Å². The van der Waals surface area contributed by atoms with Crippen LogP contribution in [0.3, 0.4) is 0 Å². The van der Waals surface area contributed by atoms with Crippen LogP contribution in [0.2, 0.25) is 0 Å². The largest absolute Gasteiger partial charge is 1.00 e. The van der Waals surface area contributed by atoms with E-state index in [0.29, 0.717) is 0 Å². The van der Waals surface area contributed by atoms with E-state index in [2.05, 4.69) is 74.8 Å². The maximum Gasteiger partial charge on any atom is 0.104 e. The molecular weight excluding hydrogens is 536 g/mol. The minimum absolute atomic E-state index is 0. The molecule has 2 saturated heterocycles. The van der Waals surface area contributed by atoms with Crippen LogP contribution in [0.5, 0.6) is 0 Å². The van der Waals surface area contributed by atoms with E-state index in [1.54, 1.807) is 0 Å².